The van der Waals surface area contributed by atoms with Crippen LogP contribution in [-0.4, -0.2) is 5.66 Å². The first-order chi connectivity index (χ1) is 21.5. The van der Waals surface area contributed by atoms with Crippen LogP contribution in [0.5, 0.6) is 0 Å². The summed E-state index contributed by atoms with van der Waals surface area (Å²) >= 11 is 0. The van der Waals surface area contributed by atoms with Crippen LogP contribution in [0.2, 0.25) is 0 Å². The van der Waals surface area contributed by atoms with Crippen LogP contribution in [0.4, 0.5) is 34.1 Å². The lowest BCUT2D eigenvalue weighted by molar-refractivity contribution is 1.10. The SMILES string of the molecule is Cc1ccc(P(c2ccc(C)cc2N(c2ccccc2)c2ccccc2)C(C)C)c(N(c2ccccc2)c2ccccc2)c1. The van der Waals surface area contributed by atoms with E-state index < -0.39 is 7.92 Å². The average molecular weight is 591 g/mol. The molecule has 6 aromatic rings. The fraction of sp³-hybridized carbons (Fsp3) is 0.122. The minimum Gasteiger partial charge on any atom is -0.310 e. The van der Waals surface area contributed by atoms with Gasteiger partial charge in [-0.2, -0.15) is 0 Å². The number of hydrogen-bond acceptors (Lipinski definition) is 2. The normalized spacial score (nSPS) is 11.1. The minimum absolute atomic E-state index is 0.398. The van der Waals surface area contributed by atoms with Gasteiger partial charge in [0, 0.05) is 33.4 Å². The molecule has 2 nitrogen and oxygen atoms in total. The molecular weight excluding hydrogens is 551 g/mol. The third-order valence-corrected chi connectivity index (χ3v) is 10.7. The lowest BCUT2D eigenvalue weighted by Gasteiger charge is -2.35. The Labute approximate surface area is 264 Å². The Morgan fingerprint density at radius 2 is 0.705 bits per heavy atom. The van der Waals surface area contributed by atoms with Crippen molar-refractivity contribution in [3.8, 4) is 0 Å². The first-order valence-corrected chi connectivity index (χ1v) is 16.7. The number of nitrogens with zero attached hydrogens (tertiary/aromatic N) is 2. The van der Waals surface area contributed by atoms with E-state index in [9.17, 15) is 0 Å². The van der Waals surface area contributed by atoms with E-state index in [0.717, 1.165) is 22.7 Å². The van der Waals surface area contributed by atoms with Gasteiger partial charge in [0.15, 0.2) is 0 Å². The molecule has 0 saturated carbocycles. The van der Waals surface area contributed by atoms with Crippen molar-refractivity contribution >= 4 is 52.7 Å². The van der Waals surface area contributed by atoms with E-state index in [1.54, 1.807) is 0 Å². The van der Waals surface area contributed by atoms with E-state index in [0.29, 0.717) is 5.66 Å². The summed E-state index contributed by atoms with van der Waals surface area (Å²) in [7, 11) is -0.786. The summed E-state index contributed by atoms with van der Waals surface area (Å²) in [4.78, 5) is 4.86. The lowest BCUT2D eigenvalue weighted by atomic mass is 10.1. The van der Waals surface area contributed by atoms with Crippen LogP contribution >= 0.6 is 7.92 Å². The van der Waals surface area contributed by atoms with Crippen LogP contribution in [0.15, 0.2) is 158 Å². The number of hydrogen-bond donors (Lipinski definition) is 0. The van der Waals surface area contributed by atoms with Gasteiger partial charge in [0.2, 0.25) is 0 Å². The van der Waals surface area contributed by atoms with Crippen molar-refractivity contribution in [1.82, 2.24) is 0 Å². The Balaban J connectivity index is 1.60. The summed E-state index contributed by atoms with van der Waals surface area (Å²) in [6.07, 6.45) is 0. The molecule has 0 aliphatic rings. The van der Waals surface area contributed by atoms with Crippen molar-refractivity contribution < 1.29 is 0 Å². The molecule has 0 aliphatic carbocycles. The van der Waals surface area contributed by atoms with Crippen LogP contribution in [-0.2, 0) is 0 Å². The van der Waals surface area contributed by atoms with Crippen molar-refractivity contribution in [3.05, 3.63) is 169 Å². The van der Waals surface area contributed by atoms with Gasteiger partial charge in [-0.05, 0) is 99.2 Å². The molecule has 0 fully saturated rings. The molecule has 0 bridgehead atoms. The van der Waals surface area contributed by atoms with Gasteiger partial charge in [-0.3, -0.25) is 0 Å². The third kappa shape index (κ3) is 6.18. The van der Waals surface area contributed by atoms with Crippen molar-refractivity contribution in [2.75, 3.05) is 9.80 Å². The predicted octanol–water partition coefficient (Wildman–Crippen LogP) is 11.1. The van der Waals surface area contributed by atoms with Gasteiger partial charge in [-0.25, -0.2) is 0 Å². The van der Waals surface area contributed by atoms with Crippen molar-refractivity contribution in [2.45, 2.75) is 33.4 Å². The molecule has 0 saturated heterocycles. The van der Waals surface area contributed by atoms with Gasteiger partial charge >= 0.3 is 0 Å². The summed E-state index contributed by atoms with van der Waals surface area (Å²) in [6.45, 7) is 9.15. The van der Waals surface area contributed by atoms with E-state index in [1.807, 2.05) is 0 Å². The van der Waals surface area contributed by atoms with Gasteiger partial charge in [0.1, 0.15) is 0 Å². The molecule has 0 atom stereocenters. The quantitative estimate of drug-likeness (QED) is 0.155. The van der Waals surface area contributed by atoms with Gasteiger partial charge in [0.05, 0.1) is 11.4 Å². The van der Waals surface area contributed by atoms with E-state index in [-0.39, 0.29) is 0 Å². The first kappa shape index (κ1) is 29.4. The van der Waals surface area contributed by atoms with E-state index >= 15 is 0 Å². The second-order valence-corrected chi connectivity index (χ2v) is 14.2. The number of rotatable bonds is 9. The topological polar surface area (TPSA) is 6.48 Å². The Morgan fingerprint density at radius 1 is 0.409 bits per heavy atom. The van der Waals surface area contributed by atoms with Gasteiger partial charge in [0.25, 0.3) is 0 Å². The van der Waals surface area contributed by atoms with Crippen molar-refractivity contribution in [3.63, 3.8) is 0 Å². The average Bonchev–Trinajstić information content (AvgIpc) is 3.05. The zero-order chi connectivity index (χ0) is 30.5. The van der Waals surface area contributed by atoms with Gasteiger partial charge < -0.3 is 9.80 Å². The molecule has 0 N–H and O–H groups in total. The van der Waals surface area contributed by atoms with Crippen LogP contribution in [0.1, 0.15) is 25.0 Å². The highest BCUT2D eigenvalue weighted by molar-refractivity contribution is 7.74. The van der Waals surface area contributed by atoms with Crippen molar-refractivity contribution in [1.29, 1.82) is 0 Å². The molecule has 6 aromatic carbocycles. The van der Waals surface area contributed by atoms with E-state index in [1.165, 1.54) is 33.1 Å². The van der Waals surface area contributed by atoms with Gasteiger partial charge in [-0.1, -0.05) is 111 Å². The Bertz CT molecular complexity index is 1590. The highest BCUT2D eigenvalue weighted by atomic mass is 31.1. The van der Waals surface area contributed by atoms with E-state index in [4.69, 9.17) is 0 Å². The molecule has 6 rings (SSSR count). The second kappa shape index (κ2) is 13.3. The fourth-order valence-corrected chi connectivity index (χ4v) is 8.55. The zero-order valence-electron chi connectivity index (χ0n) is 25.9. The molecular formula is C41H39N2P. The molecule has 0 radical (unpaired) electrons. The zero-order valence-corrected chi connectivity index (χ0v) is 26.8. The number of para-hydroxylation sites is 4. The highest BCUT2D eigenvalue weighted by Gasteiger charge is 2.29. The lowest BCUT2D eigenvalue weighted by Crippen LogP contribution is -2.27. The van der Waals surface area contributed by atoms with Crippen LogP contribution in [0, 0.1) is 13.8 Å². The smallest absolute Gasteiger partial charge is 0.0544 e. The minimum atomic E-state index is -0.786. The summed E-state index contributed by atoms with van der Waals surface area (Å²) in [6, 6.07) is 57.1. The molecule has 0 aliphatic heterocycles. The summed E-state index contributed by atoms with van der Waals surface area (Å²) in [5.41, 5.74) is 9.99. The number of anilines is 6. The molecule has 218 valence electrons. The van der Waals surface area contributed by atoms with Crippen LogP contribution < -0.4 is 20.4 Å². The summed E-state index contributed by atoms with van der Waals surface area (Å²) in [5, 5.41) is 2.75. The Kier molecular flexibility index (Phi) is 8.91. The van der Waals surface area contributed by atoms with Crippen molar-refractivity contribution in [2.24, 2.45) is 0 Å². The molecule has 0 unspecified atom stereocenters. The van der Waals surface area contributed by atoms with Crippen LogP contribution in [0.25, 0.3) is 0 Å². The molecule has 0 amide bonds. The summed E-state index contributed by atoms with van der Waals surface area (Å²) < 4.78 is 0. The monoisotopic (exact) mass is 590 g/mol. The fourth-order valence-electron chi connectivity index (χ4n) is 5.88. The molecule has 0 spiro atoms. The largest absolute Gasteiger partial charge is 0.310 e. The molecule has 0 aromatic heterocycles. The van der Waals surface area contributed by atoms with E-state index in [2.05, 4.69) is 195 Å². The molecule has 44 heavy (non-hydrogen) atoms. The highest BCUT2D eigenvalue weighted by Crippen LogP contribution is 2.49. The van der Waals surface area contributed by atoms with Crippen LogP contribution in [0.3, 0.4) is 0 Å². The maximum Gasteiger partial charge on any atom is 0.0544 e. The molecule has 0 heterocycles. The standard InChI is InChI=1S/C41H39N2P/c1-31(2)44(40-27-25-32(3)29-38(40)42(34-17-9-5-10-18-34)35-19-11-6-12-20-35)41-28-26-33(4)30-39(41)43(36-21-13-7-14-22-36)37-23-15-8-16-24-37/h5-31H,1-4H3. The molecule has 3 heteroatoms. The maximum absolute atomic E-state index is 2.43. The third-order valence-electron chi connectivity index (χ3n) is 7.84. The summed E-state index contributed by atoms with van der Waals surface area (Å²) in [5.74, 6) is 0. The maximum atomic E-state index is 2.43. The van der Waals surface area contributed by atoms with Gasteiger partial charge in [-0.15, -0.1) is 0 Å². The second-order valence-electron chi connectivity index (χ2n) is 11.5. The number of aryl methyl sites for hydroxylation is 2. The number of benzene rings is 6. The first-order valence-electron chi connectivity index (χ1n) is 15.3. The Hall–Kier alpha value is -4.65. The Morgan fingerprint density at radius 3 is 0.977 bits per heavy atom. The predicted molar refractivity (Wildman–Crippen MR) is 193 cm³/mol.